The van der Waals surface area contributed by atoms with Crippen LogP contribution >= 0.6 is 0 Å². The molecule has 1 aromatic heterocycles. The maximum absolute atomic E-state index is 13.3. The molecule has 32 heavy (non-hydrogen) atoms. The lowest BCUT2D eigenvalue weighted by atomic mass is 10.2. The van der Waals surface area contributed by atoms with Gasteiger partial charge in [0.1, 0.15) is 5.82 Å². The lowest BCUT2D eigenvalue weighted by Gasteiger charge is -2.37. The van der Waals surface area contributed by atoms with Crippen LogP contribution in [0.4, 0.5) is 20.6 Å². The molecule has 0 saturated carbocycles. The number of hydrogen-bond acceptors (Lipinski definition) is 4. The fourth-order valence-corrected chi connectivity index (χ4v) is 3.68. The van der Waals surface area contributed by atoms with Gasteiger partial charge in [0.25, 0.3) is 0 Å². The molecule has 8 nitrogen and oxygen atoms in total. The number of para-hydroxylation sites is 2. The van der Waals surface area contributed by atoms with Crippen LogP contribution in [0.5, 0.6) is 0 Å². The van der Waals surface area contributed by atoms with Crippen LogP contribution < -0.4 is 10.6 Å². The Morgan fingerprint density at radius 3 is 2.50 bits per heavy atom. The molecule has 0 bridgehead atoms. The Labute approximate surface area is 185 Å². The lowest BCUT2D eigenvalue weighted by Crippen LogP contribution is -2.54. The predicted molar refractivity (Wildman–Crippen MR) is 120 cm³/mol. The van der Waals surface area contributed by atoms with Gasteiger partial charge in [0.2, 0.25) is 5.91 Å². The van der Waals surface area contributed by atoms with Crippen LogP contribution in [-0.4, -0.2) is 63.7 Å². The topological polar surface area (TPSA) is 82.5 Å². The molecule has 3 aromatic rings. The Morgan fingerprint density at radius 2 is 1.78 bits per heavy atom. The fraction of sp³-hybridized carbons (Fsp3) is 0.261. The lowest BCUT2D eigenvalue weighted by molar-refractivity contribution is -0.121. The minimum atomic E-state index is -0.399. The van der Waals surface area contributed by atoms with E-state index in [9.17, 15) is 14.0 Å². The number of amides is 3. The number of benzene rings is 2. The van der Waals surface area contributed by atoms with E-state index in [1.165, 1.54) is 12.1 Å². The number of nitrogens with zero attached hydrogens (tertiary/aromatic N) is 4. The van der Waals surface area contributed by atoms with E-state index in [1.807, 2.05) is 48.4 Å². The van der Waals surface area contributed by atoms with Crippen LogP contribution in [0.25, 0.3) is 5.69 Å². The van der Waals surface area contributed by atoms with Gasteiger partial charge in [-0.1, -0.05) is 18.2 Å². The maximum atomic E-state index is 13.3. The van der Waals surface area contributed by atoms with Crippen LogP contribution in [0, 0.1) is 5.82 Å². The zero-order valence-electron chi connectivity index (χ0n) is 17.7. The summed E-state index contributed by atoms with van der Waals surface area (Å²) < 4.78 is 15.0. The maximum Gasteiger partial charge on any atom is 0.321 e. The summed E-state index contributed by atoms with van der Waals surface area (Å²) in [6, 6.07) is 14.5. The number of halogens is 1. The van der Waals surface area contributed by atoms with Gasteiger partial charge in [-0.3, -0.25) is 9.69 Å². The van der Waals surface area contributed by atoms with Crippen LogP contribution in [0.3, 0.4) is 0 Å². The number of aromatic nitrogens is 2. The third kappa shape index (κ3) is 4.94. The molecule has 9 heteroatoms. The van der Waals surface area contributed by atoms with Crippen molar-refractivity contribution in [3.63, 3.8) is 0 Å². The van der Waals surface area contributed by atoms with E-state index in [1.54, 1.807) is 27.9 Å². The van der Waals surface area contributed by atoms with Crippen molar-refractivity contribution in [2.45, 2.75) is 13.0 Å². The van der Waals surface area contributed by atoms with Crippen molar-refractivity contribution in [2.24, 2.45) is 0 Å². The van der Waals surface area contributed by atoms with Gasteiger partial charge in [-0.15, -0.1) is 0 Å². The van der Waals surface area contributed by atoms with Crippen LogP contribution in [0.2, 0.25) is 0 Å². The van der Waals surface area contributed by atoms with E-state index < -0.39 is 11.9 Å². The predicted octanol–water partition coefficient (Wildman–Crippen LogP) is 3.19. The van der Waals surface area contributed by atoms with Gasteiger partial charge in [-0.05, 0) is 43.3 Å². The minimum Gasteiger partial charge on any atom is -0.325 e. The van der Waals surface area contributed by atoms with Gasteiger partial charge < -0.3 is 15.5 Å². The van der Waals surface area contributed by atoms with Gasteiger partial charge in [-0.2, -0.15) is 5.10 Å². The summed E-state index contributed by atoms with van der Waals surface area (Å²) in [5.74, 6) is -0.606. The first-order chi connectivity index (χ1) is 15.5. The average molecular weight is 436 g/mol. The molecule has 1 aliphatic heterocycles. The van der Waals surface area contributed by atoms with Gasteiger partial charge in [0.15, 0.2) is 0 Å². The summed E-state index contributed by atoms with van der Waals surface area (Å²) in [5, 5.41) is 9.94. The van der Waals surface area contributed by atoms with Gasteiger partial charge in [-0.25, -0.2) is 13.9 Å². The zero-order valence-corrected chi connectivity index (χ0v) is 17.7. The number of anilines is 2. The van der Waals surface area contributed by atoms with E-state index in [2.05, 4.69) is 15.7 Å². The van der Waals surface area contributed by atoms with Crippen LogP contribution in [0.15, 0.2) is 67.0 Å². The van der Waals surface area contributed by atoms with E-state index >= 15 is 0 Å². The van der Waals surface area contributed by atoms with Crippen molar-refractivity contribution in [3.8, 4) is 5.69 Å². The molecular formula is C23H25FN6O2. The fourth-order valence-electron chi connectivity index (χ4n) is 3.68. The molecule has 2 heterocycles. The second-order valence-electron chi connectivity index (χ2n) is 7.60. The van der Waals surface area contributed by atoms with E-state index in [0.29, 0.717) is 37.6 Å². The molecule has 166 valence electrons. The highest BCUT2D eigenvalue weighted by Gasteiger charge is 2.28. The highest BCUT2D eigenvalue weighted by Crippen LogP contribution is 2.20. The summed E-state index contributed by atoms with van der Waals surface area (Å²) in [6.45, 7) is 3.92. The standard InChI is InChI=1S/C23H25FN6O2/c1-17(22(31)26-19-7-4-6-18(24)16-19)28-12-14-29(15-13-28)23(32)27-20-8-2-3-9-21(20)30-11-5-10-25-30/h2-11,16-17H,12-15H2,1H3,(H,26,31)(H,27,32). The van der Waals surface area contributed by atoms with Crippen molar-refractivity contribution in [1.82, 2.24) is 19.6 Å². The van der Waals surface area contributed by atoms with Crippen molar-refractivity contribution in [1.29, 1.82) is 0 Å². The van der Waals surface area contributed by atoms with Crippen LogP contribution in [-0.2, 0) is 4.79 Å². The van der Waals surface area contributed by atoms with E-state index in [-0.39, 0.29) is 11.9 Å². The molecular weight excluding hydrogens is 411 g/mol. The Balaban J connectivity index is 1.32. The Morgan fingerprint density at radius 1 is 1.00 bits per heavy atom. The molecule has 0 radical (unpaired) electrons. The second kappa shape index (κ2) is 9.61. The number of rotatable bonds is 5. The molecule has 0 spiro atoms. The molecule has 2 aromatic carbocycles. The van der Waals surface area contributed by atoms with E-state index in [4.69, 9.17) is 0 Å². The molecule has 1 aliphatic rings. The number of urea groups is 1. The summed E-state index contributed by atoms with van der Waals surface area (Å²) in [5.41, 5.74) is 1.88. The SMILES string of the molecule is CC(C(=O)Nc1cccc(F)c1)N1CCN(C(=O)Nc2ccccc2-n2cccn2)CC1. The van der Waals surface area contributed by atoms with E-state index in [0.717, 1.165) is 5.69 Å². The smallest absolute Gasteiger partial charge is 0.321 e. The largest absolute Gasteiger partial charge is 0.325 e. The average Bonchev–Trinajstić information content (AvgIpc) is 3.34. The number of nitrogens with one attached hydrogen (secondary N) is 2. The summed E-state index contributed by atoms with van der Waals surface area (Å²) in [4.78, 5) is 29.1. The molecule has 1 saturated heterocycles. The van der Waals surface area contributed by atoms with Gasteiger partial charge in [0, 0.05) is 44.3 Å². The summed E-state index contributed by atoms with van der Waals surface area (Å²) in [7, 11) is 0. The third-order valence-corrected chi connectivity index (χ3v) is 5.52. The summed E-state index contributed by atoms with van der Waals surface area (Å²) in [6.07, 6.45) is 3.50. The Kier molecular flexibility index (Phi) is 6.46. The number of hydrogen-bond donors (Lipinski definition) is 2. The third-order valence-electron chi connectivity index (χ3n) is 5.52. The summed E-state index contributed by atoms with van der Waals surface area (Å²) >= 11 is 0. The van der Waals surface area contributed by atoms with Crippen molar-refractivity contribution >= 4 is 23.3 Å². The zero-order chi connectivity index (χ0) is 22.5. The molecule has 0 aliphatic carbocycles. The number of piperazine rings is 1. The van der Waals surface area contributed by atoms with Gasteiger partial charge >= 0.3 is 6.03 Å². The molecule has 4 rings (SSSR count). The molecule has 1 unspecified atom stereocenters. The molecule has 1 atom stereocenters. The highest BCUT2D eigenvalue weighted by atomic mass is 19.1. The van der Waals surface area contributed by atoms with Crippen molar-refractivity contribution in [3.05, 3.63) is 72.8 Å². The Bertz CT molecular complexity index is 1080. The highest BCUT2D eigenvalue weighted by molar-refractivity contribution is 5.94. The number of carbonyl (C=O) groups excluding carboxylic acids is 2. The number of carbonyl (C=O) groups is 2. The van der Waals surface area contributed by atoms with Crippen molar-refractivity contribution < 1.29 is 14.0 Å². The monoisotopic (exact) mass is 436 g/mol. The normalized spacial score (nSPS) is 15.2. The second-order valence-corrected chi connectivity index (χ2v) is 7.60. The molecule has 3 amide bonds. The van der Waals surface area contributed by atoms with Crippen LogP contribution in [0.1, 0.15) is 6.92 Å². The Hall–Kier alpha value is -3.72. The molecule has 1 fully saturated rings. The minimum absolute atomic E-state index is 0.193. The molecule has 2 N–H and O–H groups in total. The first-order valence-electron chi connectivity index (χ1n) is 10.5. The first-order valence-corrected chi connectivity index (χ1v) is 10.5. The van der Waals surface area contributed by atoms with Crippen molar-refractivity contribution in [2.75, 3.05) is 36.8 Å². The first kappa shape index (κ1) is 21.5. The van der Waals surface area contributed by atoms with Gasteiger partial charge in [0.05, 0.1) is 17.4 Å². The quantitative estimate of drug-likeness (QED) is 0.644.